The van der Waals surface area contributed by atoms with Gasteiger partial charge in [0.15, 0.2) is 0 Å². The third kappa shape index (κ3) is 1.31. The van der Waals surface area contributed by atoms with Crippen molar-refractivity contribution in [2.24, 2.45) is 0 Å². The van der Waals surface area contributed by atoms with E-state index >= 15 is 0 Å². The average molecular weight is 292 g/mol. The maximum atomic E-state index is 5.91. The van der Waals surface area contributed by atoms with Gasteiger partial charge in [-0.3, -0.25) is 0 Å². The molecule has 0 spiro atoms. The lowest BCUT2D eigenvalue weighted by atomic mass is 10.2. The summed E-state index contributed by atoms with van der Waals surface area (Å²) >= 11 is 5.71. The lowest BCUT2D eigenvalue weighted by Crippen LogP contribution is -2.00. The minimum absolute atomic E-state index is 0.734. The Morgan fingerprint density at radius 3 is 2.67 bits per heavy atom. The first-order chi connectivity index (χ1) is 8.65. The number of fused-ring (bicyclic) bond motifs is 5. The van der Waals surface area contributed by atoms with Crippen LogP contribution in [0.15, 0.2) is 6.07 Å². The predicted octanol–water partition coefficient (Wildman–Crippen LogP) is 5.51. The number of aryl methyl sites for hydroxylation is 3. The van der Waals surface area contributed by atoms with Crippen LogP contribution in [0.25, 0.3) is 19.2 Å². The third-order valence-electron chi connectivity index (χ3n) is 3.48. The molecule has 4 heteroatoms. The second kappa shape index (κ2) is 3.59. The molecule has 0 bridgehead atoms. The quantitative estimate of drug-likeness (QED) is 0.531. The van der Waals surface area contributed by atoms with Crippen molar-refractivity contribution < 1.29 is 4.74 Å². The molecule has 1 aliphatic heterocycles. The first-order valence-electron chi connectivity index (χ1n) is 5.90. The monoisotopic (exact) mass is 292 g/mol. The molecule has 4 heterocycles. The highest BCUT2D eigenvalue weighted by atomic mass is 32.1. The van der Waals surface area contributed by atoms with Gasteiger partial charge in [-0.15, -0.1) is 34.0 Å². The van der Waals surface area contributed by atoms with Crippen molar-refractivity contribution >= 4 is 43.4 Å². The van der Waals surface area contributed by atoms with Crippen LogP contribution in [0.2, 0.25) is 0 Å². The lowest BCUT2D eigenvalue weighted by molar-refractivity contribution is 0.306. The Balaban J connectivity index is 2.08. The second-order valence-corrected chi connectivity index (χ2v) is 8.19. The molecule has 3 aromatic rings. The van der Waals surface area contributed by atoms with Crippen LogP contribution in [0.5, 0.6) is 5.75 Å². The normalized spacial score (nSPS) is 13.5. The van der Waals surface area contributed by atoms with E-state index in [0.717, 1.165) is 12.4 Å². The highest BCUT2D eigenvalue weighted by molar-refractivity contribution is 7.32. The molecule has 1 nitrogen and oxygen atoms in total. The number of hydrogen-bond acceptors (Lipinski definition) is 4. The van der Waals surface area contributed by atoms with Crippen LogP contribution in [0, 0.1) is 20.8 Å². The van der Waals surface area contributed by atoms with Crippen LogP contribution in [0.4, 0.5) is 0 Å². The van der Waals surface area contributed by atoms with E-state index in [0.29, 0.717) is 0 Å². The van der Waals surface area contributed by atoms with Gasteiger partial charge in [0, 0.05) is 20.0 Å². The summed E-state index contributed by atoms with van der Waals surface area (Å²) in [5.41, 5.74) is 2.86. The largest absolute Gasteiger partial charge is 0.487 e. The molecule has 18 heavy (non-hydrogen) atoms. The number of hydrogen-bond donors (Lipinski definition) is 0. The number of rotatable bonds is 0. The van der Waals surface area contributed by atoms with E-state index in [1.54, 1.807) is 0 Å². The minimum Gasteiger partial charge on any atom is -0.487 e. The minimum atomic E-state index is 0.734. The molecule has 0 unspecified atom stereocenters. The van der Waals surface area contributed by atoms with Crippen molar-refractivity contribution in [1.29, 1.82) is 0 Å². The summed E-state index contributed by atoms with van der Waals surface area (Å²) < 4.78 is 8.82. The molecule has 0 saturated carbocycles. The van der Waals surface area contributed by atoms with Gasteiger partial charge in [0.2, 0.25) is 0 Å². The topological polar surface area (TPSA) is 9.23 Å². The Labute approximate surface area is 118 Å². The number of ether oxygens (including phenoxy) is 1. The molecule has 1 aliphatic rings. The maximum absolute atomic E-state index is 5.91. The summed E-state index contributed by atoms with van der Waals surface area (Å²) in [7, 11) is 0. The summed E-state index contributed by atoms with van der Waals surface area (Å²) in [5, 5.41) is 0. The predicted molar refractivity (Wildman–Crippen MR) is 81.6 cm³/mol. The third-order valence-corrected chi connectivity index (χ3v) is 7.43. The van der Waals surface area contributed by atoms with Crippen LogP contribution in [0.3, 0.4) is 0 Å². The smallest absolute Gasteiger partial charge is 0.139 e. The van der Waals surface area contributed by atoms with E-state index in [1.807, 2.05) is 34.0 Å². The van der Waals surface area contributed by atoms with E-state index in [4.69, 9.17) is 4.74 Å². The molecule has 4 rings (SSSR count). The van der Waals surface area contributed by atoms with E-state index in [1.165, 1.54) is 40.0 Å². The Hall–Kier alpha value is -0.840. The van der Waals surface area contributed by atoms with Gasteiger partial charge in [-0.05, 0) is 32.4 Å². The zero-order valence-corrected chi connectivity index (χ0v) is 12.9. The lowest BCUT2D eigenvalue weighted by Gasteiger charge is -2.13. The van der Waals surface area contributed by atoms with Gasteiger partial charge in [0.05, 0.1) is 14.5 Å². The fourth-order valence-electron chi connectivity index (χ4n) is 2.42. The van der Waals surface area contributed by atoms with E-state index in [9.17, 15) is 0 Å². The molecule has 3 aromatic heterocycles. The molecule has 92 valence electrons. The number of thiophene rings is 3. The molecule has 0 saturated heterocycles. The highest BCUT2D eigenvalue weighted by Gasteiger charge is 2.26. The Morgan fingerprint density at radius 1 is 1.00 bits per heavy atom. The Morgan fingerprint density at radius 2 is 1.83 bits per heavy atom. The van der Waals surface area contributed by atoms with E-state index < -0.39 is 0 Å². The fraction of sp³-hybridized carbons (Fsp3) is 0.286. The molecule has 0 amide bonds. The maximum Gasteiger partial charge on any atom is 0.139 e. The van der Waals surface area contributed by atoms with Gasteiger partial charge in [-0.25, -0.2) is 0 Å². The van der Waals surface area contributed by atoms with Crippen molar-refractivity contribution in [3.63, 3.8) is 0 Å². The van der Waals surface area contributed by atoms with Crippen LogP contribution in [0.1, 0.15) is 20.9 Å². The van der Waals surface area contributed by atoms with Crippen molar-refractivity contribution in [2.75, 3.05) is 0 Å². The molecule has 0 radical (unpaired) electrons. The summed E-state index contributed by atoms with van der Waals surface area (Å²) in [4.78, 5) is 5.54. The highest BCUT2D eigenvalue weighted by Crippen LogP contribution is 2.52. The van der Waals surface area contributed by atoms with Crippen LogP contribution in [-0.2, 0) is 6.61 Å². The molecular formula is C14H12OS3. The standard InChI is InChI=1S/C14H12OS3/c1-6-4-10-14(16-6)13-9(5-15-10)12-11(18-13)7(2)8(3)17-12/h4H,5H2,1-3H3. The van der Waals surface area contributed by atoms with Crippen LogP contribution in [-0.4, -0.2) is 0 Å². The van der Waals surface area contributed by atoms with Gasteiger partial charge >= 0.3 is 0 Å². The fourth-order valence-corrected chi connectivity index (χ4v) is 6.26. The van der Waals surface area contributed by atoms with E-state index in [-0.39, 0.29) is 0 Å². The molecule has 0 aliphatic carbocycles. The summed E-state index contributed by atoms with van der Waals surface area (Å²) in [6, 6.07) is 2.16. The molecule has 0 fully saturated rings. The van der Waals surface area contributed by atoms with Crippen LogP contribution < -0.4 is 4.74 Å². The van der Waals surface area contributed by atoms with Crippen molar-refractivity contribution in [2.45, 2.75) is 27.4 Å². The average Bonchev–Trinajstić information content (AvgIpc) is 2.94. The van der Waals surface area contributed by atoms with Gasteiger partial charge in [-0.2, -0.15) is 0 Å². The van der Waals surface area contributed by atoms with Gasteiger partial charge in [0.1, 0.15) is 12.4 Å². The van der Waals surface area contributed by atoms with E-state index in [2.05, 4.69) is 26.8 Å². The zero-order valence-electron chi connectivity index (χ0n) is 10.4. The van der Waals surface area contributed by atoms with Crippen molar-refractivity contribution in [3.05, 3.63) is 26.9 Å². The second-order valence-electron chi connectivity index (χ2n) is 4.69. The van der Waals surface area contributed by atoms with Gasteiger partial charge in [0.25, 0.3) is 0 Å². The molecular weight excluding hydrogens is 280 g/mol. The molecule has 0 aromatic carbocycles. The van der Waals surface area contributed by atoms with Crippen LogP contribution >= 0.6 is 34.0 Å². The molecule has 0 atom stereocenters. The van der Waals surface area contributed by atoms with Gasteiger partial charge < -0.3 is 4.74 Å². The van der Waals surface area contributed by atoms with Crippen molar-refractivity contribution in [3.8, 4) is 15.5 Å². The summed E-state index contributed by atoms with van der Waals surface area (Å²) in [6.07, 6.45) is 0. The van der Waals surface area contributed by atoms with Gasteiger partial charge in [-0.1, -0.05) is 0 Å². The SMILES string of the molecule is Cc1cc2c(s1)-c1sc3c(C)c(C)sc3c1CO2. The Bertz CT molecular complexity index is 773. The first kappa shape index (κ1) is 11.0. The first-order valence-corrected chi connectivity index (χ1v) is 8.35. The Kier molecular flexibility index (Phi) is 2.20. The van der Waals surface area contributed by atoms with Crippen molar-refractivity contribution in [1.82, 2.24) is 0 Å². The summed E-state index contributed by atoms with van der Waals surface area (Å²) in [6.45, 7) is 7.33. The summed E-state index contributed by atoms with van der Waals surface area (Å²) in [5.74, 6) is 1.08. The zero-order chi connectivity index (χ0) is 12.4. The molecule has 0 N–H and O–H groups in total.